The third-order valence-corrected chi connectivity index (χ3v) is 5.46. The molecule has 4 rings (SSSR count). The van der Waals surface area contributed by atoms with E-state index in [-0.39, 0.29) is 23.8 Å². The minimum Gasteiger partial charge on any atom is -0.475 e. The van der Waals surface area contributed by atoms with Crippen LogP contribution < -0.4 is 5.32 Å². The van der Waals surface area contributed by atoms with Gasteiger partial charge in [0.05, 0.1) is 18.0 Å². The number of amides is 1. The van der Waals surface area contributed by atoms with E-state index in [0.717, 1.165) is 38.2 Å². The zero-order valence-electron chi connectivity index (χ0n) is 17.6. The summed E-state index contributed by atoms with van der Waals surface area (Å²) in [5.74, 6) is -2.11. The van der Waals surface area contributed by atoms with Crippen molar-refractivity contribution in [3.63, 3.8) is 0 Å². The molecule has 2 aliphatic rings. The lowest BCUT2D eigenvalue weighted by Gasteiger charge is -2.44. The first-order valence-corrected chi connectivity index (χ1v) is 10.3. The summed E-state index contributed by atoms with van der Waals surface area (Å²) in [7, 11) is 0. The molecule has 0 saturated carbocycles. The normalized spacial score (nSPS) is 22.9. The highest BCUT2D eigenvalue weighted by Crippen LogP contribution is 2.34. The number of hydrogen-bond acceptors (Lipinski definition) is 7. The number of pyridine rings is 1. The van der Waals surface area contributed by atoms with Gasteiger partial charge >= 0.3 is 12.1 Å². The molecule has 0 bridgehead atoms. The largest absolute Gasteiger partial charge is 0.490 e. The Morgan fingerprint density at radius 3 is 2.61 bits per heavy atom. The van der Waals surface area contributed by atoms with Crippen molar-refractivity contribution in [1.29, 1.82) is 0 Å². The van der Waals surface area contributed by atoms with Gasteiger partial charge in [-0.3, -0.25) is 19.7 Å². The van der Waals surface area contributed by atoms with E-state index < -0.39 is 12.1 Å². The fourth-order valence-corrected chi connectivity index (χ4v) is 3.96. The van der Waals surface area contributed by atoms with Crippen LogP contribution in [0.5, 0.6) is 0 Å². The summed E-state index contributed by atoms with van der Waals surface area (Å²) in [6.45, 7) is 3.26. The summed E-state index contributed by atoms with van der Waals surface area (Å²) >= 11 is 0. The number of carbonyl (C=O) groups is 2. The summed E-state index contributed by atoms with van der Waals surface area (Å²) < 4.78 is 37.7. The predicted octanol–water partition coefficient (Wildman–Crippen LogP) is 2.37. The van der Waals surface area contributed by atoms with Crippen LogP contribution in [0.1, 0.15) is 18.5 Å². The van der Waals surface area contributed by atoms with Crippen molar-refractivity contribution >= 4 is 17.7 Å². The molecule has 2 N–H and O–H groups in total. The maximum atomic E-state index is 12.8. The van der Waals surface area contributed by atoms with E-state index in [1.54, 1.807) is 18.6 Å². The van der Waals surface area contributed by atoms with Crippen LogP contribution in [0.15, 0.2) is 43.0 Å². The number of anilines is 1. The quantitative estimate of drug-likeness (QED) is 0.704. The molecule has 0 aromatic carbocycles. The van der Waals surface area contributed by atoms with Gasteiger partial charge in [-0.25, -0.2) is 9.78 Å². The zero-order chi connectivity index (χ0) is 23.8. The Morgan fingerprint density at radius 2 is 1.97 bits per heavy atom. The molecule has 0 unspecified atom stereocenters. The molecule has 33 heavy (non-hydrogen) atoms. The maximum Gasteiger partial charge on any atom is 0.490 e. The number of aliphatic carboxylic acids is 1. The van der Waals surface area contributed by atoms with Crippen molar-refractivity contribution in [2.24, 2.45) is 11.8 Å². The third-order valence-electron chi connectivity index (χ3n) is 5.46. The number of piperidine rings is 1. The molecule has 0 aliphatic carbocycles. The monoisotopic (exact) mass is 467 g/mol. The molecule has 0 radical (unpaired) electrons. The second-order valence-electron chi connectivity index (χ2n) is 7.70. The van der Waals surface area contributed by atoms with Crippen LogP contribution in [-0.4, -0.2) is 68.8 Å². The van der Waals surface area contributed by atoms with Crippen molar-refractivity contribution in [1.82, 2.24) is 19.9 Å². The second-order valence-corrected chi connectivity index (χ2v) is 7.70. The minimum atomic E-state index is -5.08. The van der Waals surface area contributed by atoms with Gasteiger partial charge in [0.2, 0.25) is 5.91 Å². The van der Waals surface area contributed by atoms with E-state index in [9.17, 15) is 18.0 Å². The molecule has 12 heteroatoms. The number of nitrogens with one attached hydrogen (secondary N) is 1. The molecule has 178 valence electrons. The Balaban J connectivity index is 0.000000383. The number of nitrogens with zero attached hydrogens (tertiary/aromatic N) is 4. The van der Waals surface area contributed by atoms with Crippen LogP contribution in [0.2, 0.25) is 0 Å². The molecule has 2 aromatic heterocycles. The lowest BCUT2D eigenvalue weighted by Crippen LogP contribution is -2.52. The van der Waals surface area contributed by atoms with E-state index in [0.29, 0.717) is 12.4 Å². The van der Waals surface area contributed by atoms with Crippen molar-refractivity contribution in [2.75, 3.05) is 25.0 Å². The molecule has 1 amide bonds. The molecular weight excluding hydrogens is 443 g/mol. The summed E-state index contributed by atoms with van der Waals surface area (Å²) in [5.41, 5.74) is 1.06. The molecule has 2 saturated heterocycles. The molecule has 2 aliphatic heterocycles. The number of carbonyl (C=O) groups excluding carboxylic acids is 1. The van der Waals surface area contributed by atoms with Crippen LogP contribution >= 0.6 is 0 Å². The van der Waals surface area contributed by atoms with Gasteiger partial charge in [-0.05, 0) is 25.0 Å². The van der Waals surface area contributed by atoms with E-state index in [1.165, 1.54) is 0 Å². The zero-order valence-corrected chi connectivity index (χ0v) is 17.6. The first-order valence-electron chi connectivity index (χ1n) is 10.3. The lowest BCUT2D eigenvalue weighted by atomic mass is 9.79. The maximum absolute atomic E-state index is 12.8. The molecule has 2 fully saturated rings. The van der Waals surface area contributed by atoms with Gasteiger partial charge < -0.3 is 15.2 Å². The number of carboxylic acid groups (broad SMARTS) is 1. The number of likely N-dealkylation sites (tertiary alicyclic amines) is 1. The summed E-state index contributed by atoms with van der Waals surface area (Å²) in [6, 6.07) is 5.98. The highest BCUT2D eigenvalue weighted by Gasteiger charge is 2.42. The Morgan fingerprint density at radius 1 is 1.18 bits per heavy atom. The Kier molecular flexibility index (Phi) is 8.28. The van der Waals surface area contributed by atoms with Crippen LogP contribution in [-0.2, 0) is 20.9 Å². The first-order chi connectivity index (χ1) is 15.7. The number of ether oxygens (including phenoxy) is 1. The average molecular weight is 467 g/mol. The molecule has 3 atom stereocenters. The van der Waals surface area contributed by atoms with Crippen LogP contribution in [0.25, 0.3) is 0 Å². The molecule has 4 heterocycles. The average Bonchev–Trinajstić information content (AvgIpc) is 2.80. The van der Waals surface area contributed by atoms with Crippen LogP contribution in [0.3, 0.4) is 0 Å². The third kappa shape index (κ3) is 7.19. The number of rotatable bonds is 4. The number of hydrogen-bond donors (Lipinski definition) is 2. The topological polar surface area (TPSA) is 118 Å². The summed E-state index contributed by atoms with van der Waals surface area (Å²) in [4.78, 5) is 36.7. The first kappa shape index (κ1) is 24.5. The van der Waals surface area contributed by atoms with Crippen molar-refractivity contribution in [2.45, 2.75) is 31.7 Å². The Labute approximate surface area is 188 Å². The lowest BCUT2D eigenvalue weighted by molar-refractivity contribution is -0.192. The number of alkyl halides is 3. The highest BCUT2D eigenvalue weighted by molar-refractivity contribution is 5.91. The number of halogens is 3. The van der Waals surface area contributed by atoms with Crippen LogP contribution in [0.4, 0.5) is 19.0 Å². The van der Waals surface area contributed by atoms with Gasteiger partial charge in [0.25, 0.3) is 0 Å². The van der Waals surface area contributed by atoms with Gasteiger partial charge in [-0.15, -0.1) is 0 Å². The van der Waals surface area contributed by atoms with Crippen molar-refractivity contribution in [3.05, 3.63) is 48.7 Å². The Bertz CT molecular complexity index is 917. The molecular formula is C21H24F3N5O4. The molecule has 0 spiro atoms. The standard InChI is InChI=1S/C19H23N5O2.C2HF3O2/c25-19(23-18-11-20-7-8-22-18)15-5-10-26-17-4-9-24(13-16(15)17)12-14-3-1-2-6-21-14;3-2(4,5)1(6)7/h1-3,6-8,11,15-17H,4-5,9-10,12-13H2,(H,22,23,25);(H,6,7)/t15-,16+,17-;/m0./s1. The predicted molar refractivity (Wildman–Crippen MR) is 110 cm³/mol. The summed E-state index contributed by atoms with van der Waals surface area (Å²) in [5, 5.41) is 10.0. The smallest absolute Gasteiger partial charge is 0.475 e. The van der Waals surface area contributed by atoms with Gasteiger partial charge in [0.1, 0.15) is 0 Å². The number of fused-ring (bicyclic) bond motifs is 1. The van der Waals surface area contributed by atoms with Crippen molar-refractivity contribution in [3.8, 4) is 0 Å². The van der Waals surface area contributed by atoms with E-state index in [2.05, 4.69) is 25.2 Å². The molecule has 9 nitrogen and oxygen atoms in total. The van der Waals surface area contributed by atoms with E-state index in [4.69, 9.17) is 14.6 Å². The fourth-order valence-electron chi connectivity index (χ4n) is 3.96. The van der Waals surface area contributed by atoms with E-state index in [1.807, 2.05) is 24.4 Å². The van der Waals surface area contributed by atoms with Gasteiger partial charge in [-0.1, -0.05) is 6.07 Å². The minimum absolute atomic E-state index is 0.0171. The fraction of sp³-hybridized carbons (Fsp3) is 0.476. The van der Waals surface area contributed by atoms with Crippen molar-refractivity contribution < 1.29 is 32.6 Å². The van der Waals surface area contributed by atoms with Gasteiger partial charge in [0.15, 0.2) is 5.82 Å². The number of aromatic nitrogens is 3. The second kappa shape index (κ2) is 11.1. The van der Waals surface area contributed by atoms with Gasteiger partial charge in [0, 0.05) is 56.7 Å². The van der Waals surface area contributed by atoms with Gasteiger partial charge in [-0.2, -0.15) is 13.2 Å². The Hall–Kier alpha value is -3.12. The highest BCUT2D eigenvalue weighted by atomic mass is 19.4. The van der Waals surface area contributed by atoms with E-state index >= 15 is 0 Å². The number of carboxylic acids is 1. The SMILES string of the molecule is O=C(Nc1cnccn1)[C@H]1CCO[C@H]2CCN(Cc3ccccn3)C[C@@H]21.O=C(O)C(F)(F)F. The summed E-state index contributed by atoms with van der Waals surface area (Å²) in [6.07, 6.45) is 3.33. The van der Waals surface area contributed by atoms with Crippen LogP contribution in [0, 0.1) is 11.8 Å². The molecule has 2 aromatic rings.